The quantitative estimate of drug-likeness (QED) is 0.749. The molecule has 0 aliphatic carbocycles. The van der Waals surface area contributed by atoms with Crippen molar-refractivity contribution < 1.29 is 4.79 Å². The van der Waals surface area contributed by atoms with Gasteiger partial charge in [-0.25, -0.2) is 4.98 Å². The van der Waals surface area contributed by atoms with Gasteiger partial charge in [-0.1, -0.05) is 42.2 Å². The van der Waals surface area contributed by atoms with Gasteiger partial charge in [0, 0.05) is 18.4 Å². The molecule has 1 N–H and O–H groups in total. The van der Waals surface area contributed by atoms with Crippen LogP contribution in [0.15, 0.2) is 54.6 Å². The fourth-order valence-electron chi connectivity index (χ4n) is 2.15. The fraction of sp³-hybridized carbons (Fsp3) is 0.158. The minimum atomic E-state index is 0.00613. The highest BCUT2D eigenvalue weighted by Crippen LogP contribution is 2.22. The van der Waals surface area contributed by atoms with Crippen molar-refractivity contribution in [1.82, 2.24) is 10.3 Å². The second kappa shape index (κ2) is 7.57. The van der Waals surface area contributed by atoms with Crippen LogP contribution in [0.2, 0.25) is 0 Å². The lowest BCUT2D eigenvalue weighted by atomic mass is 10.2. The highest BCUT2D eigenvalue weighted by molar-refractivity contribution is 7.18. The van der Waals surface area contributed by atoms with Gasteiger partial charge < -0.3 is 5.32 Å². The van der Waals surface area contributed by atoms with Crippen molar-refractivity contribution >= 4 is 27.5 Å². The Morgan fingerprint density at radius 2 is 1.87 bits per heavy atom. The highest BCUT2D eigenvalue weighted by atomic mass is 32.1. The number of amides is 1. The monoisotopic (exact) mass is 320 g/mol. The maximum atomic E-state index is 11.8. The van der Waals surface area contributed by atoms with Gasteiger partial charge in [0.2, 0.25) is 5.91 Å². The van der Waals surface area contributed by atoms with Crippen LogP contribution in [0.4, 0.5) is 0 Å². The molecule has 3 nitrogen and oxygen atoms in total. The molecular formula is C19H16N2OS. The van der Waals surface area contributed by atoms with Gasteiger partial charge >= 0.3 is 0 Å². The average Bonchev–Trinajstić information content (AvgIpc) is 3.01. The largest absolute Gasteiger partial charge is 0.345 e. The van der Waals surface area contributed by atoms with E-state index in [2.05, 4.69) is 28.2 Å². The first-order valence-electron chi connectivity index (χ1n) is 7.46. The molecule has 1 heterocycles. The molecule has 0 saturated heterocycles. The average molecular weight is 320 g/mol. The molecule has 0 bridgehead atoms. The second-order valence-electron chi connectivity index (χ2n) is 5.02. The van der Waals surface area contributed by atoms with Gasteiger partial charge in [-0.15, -0.1) is 11.3 Å². The molecule has 2 aromatic carbocycles. The van der Waals surface area contributed by atoms with E-state index in [1.807, 2.05) is 48.5 Å². The highest BCUT2D eigenvalue weighted by Gasteiger charge is 2.06. The smallest absolute Gasteiger partial charge is 0.221 e. The first kappa shape index (κ1) is 15.3. The summed E-state index contributed by atoms with van der Waals surface area (Å²) in [6.45, 7) is 0.369. The summed E-state index contributed by atoms with van der Waals surface area (Å²) >= 11 is 1.65. The minimum absolute atomic E-state index is 0.00613. The third kappa shape index (κ3) is 4.41. The Morgan fingerprint density at radius 1 is 1.09 bits per heavy atom. The SMILES string of the molecule is O=C(CCc1nc2ccccc2s1)NCC#Cc1ccccc1. The van der Waals surface area contributed by atoms with Crippen LogP contribution in [0.25, 0.3) is 10.2 Å². The minimum Gasteiger partial charge on any atom is -0.345 e. The summed E-state index contributed by atoms with van der Waals surface area (Å²) < 4.78 is 1.16. The van der Waals surface area contributed by atoms with Crippen LogP contribution in [0.1, 0.15) is 17.0 Å². The number of hydrogen-bond donors (Lipinski definition) is 1. The molecule has 3 rings (SSSR count). The van der Waals surface area contributed by atoms with E-state index in [0.29, 0.717) is 19.4 Å². The van der Waals surface area contributed by atoms with Crippen LogP contribution in [0.5, 0.6) is 0 Å². The number of nitrogens with one attached hydrogen (secondary N) is 1. The van der Waals surface area contributed by atoms with Crippen molar-refractivity contribution in [2.24, 2.45) is 0 Å². The first-order chi connectivity index (χ1) is 11.3. The van der Waals surface area contributed by atoms with Gasteiger partial charge in [-0.05, 0) is 24.3 Å². The maximum absolute atomic E-state index is 11.8. The summed E-state index contributed by atoms with van der Waals surface area (Å²) in [6, 6.07) is 17.8. The van der Waals surface area contributed by atoms with Crippen molar-refractivity contribution in [3.8, 4) is 11.8 Å². The Kier molecular flexibility index (Phi) is 5.02. The third-order valence-electron chi connectivity index (χ3n) is 3.28. The lowest BCUT2D eigenvalue weighted by Crippen LogP contribution is -2.23. The van der Waals surface area contributed by atoms with E-state index in [0.717, 1.165) is 20.8 Å². The molecule has 23 heavy (non-hydrogen) atoms. The van der Waals surface area contributed by atoms with Crippen LogP contribution in [-0.4, -0.2) is 17.4 Å². The Morgan fingerprint density at radius 3 is 2.70 bits per heavy atom. The maximum Gasteiger partial charge on any atom is 0.221 e. The molecule has 0 unspecified atom stereocenters. The van der Waals surface area contributed by atoms with Gasteiger partial charge in [0.1, 0.15) is 0 Å². The van der Waals surface area contributed by atoms with Gasteiger partial charge in [0.25, 0.3) is 0 Å². The van der Waals surface area contributed by atoms with E-state index in [-0.39, 0.29) is 5.91 Å². The van der Waals surface area contributed by atoms with Gasteiger partial charge in [0.05, 0.1) is 21.8 Å². The number of nitrogens with zero attached hydrogens (tertiary/aromatic N) is 1. The molecule has 0 saturated carbocycles. The lowest BCUT2D eigenvalue weighted by molar-refractivity contribution is -0.120. The first-order valence-corrected chi connectivity index (χ1v) is 8.28. The lowest BCUT2D eigenvalue weighted by Gasteiger charge is -1.99. The molecule has 0 fully saturated rings. The van der Waals surface area contributed by atoms with Gasteiger partial charge in [-0.3, -0.25) is 4.79 Å². The number of para-hydroxylation sites is 1. The number of rotatable bonds is 4. The molecule has 0 aliphatic rings. The Labute approximate surface area is 139 Å². The summed E-state index contributed by atoms with van der Waals surface area (Å²) in [7, 11) is 0. The zero-order valence-corrected chi connectivity index (χ0v) is 13.4. The summed E-state index contributed by atoms with van der Waals surface area (Å²) in [4.78, 5) is 16.4. The van der Waals surface area contributed by atoms with Crippen LogP contribution in [0, 0.1) is 11.8 Å². The predicted molar refractivity (Wildman–Crippen MR) is 94.3 cm³/mol. The summed E-state index contributed by atoms with van der Waals surface area (Å²) in [5, 5.41) is 3.82. The Hall–Kier alpha value is -2.64. The fourth-order valence-corrected chi connectivity index (χ4v) is 3.11. The second-order valence-corrected chi connectivity index (χ2v) is 6.14. The predicted octanol–water partition coefficient (Wildman–Crippen LogP) is 3.40. The Bertz CT molecular complexity index is 826. The van der Waals surface area contributed by atoms with Crippen LogP contribution >= 0.6 is 11.3 Å². The summed E-state index contributed by atoms with van der Waals surface area (Å²) in [6.07, 6.45) is 1.10. The van der Waals surface area contributed by atoms with Gasteiger partial charge in [0.15, 0.2) is 0 Å². The number of thiazole rings is 1. The molecule has 1 amide bonds. The molecular weight excluding hydrogens is 304 g/mol. The summed E-state index contributed by atoms with van der Waals surface area (Å²) in [5.74, 6) is 5.98. The number of carbonyl (C=O) groups is 1. The van der Waals surface area contributed by atoms with E-state index in [1.165, 1.54) is 0 Å². The van der Waals surface area contributed by atoms with E-state index >= 15 is 0 Å². The number of aromatic nitrogens is 1. The Balaban J connectivity index is 1.45. The molecule has 0 radical (unpaired) electrons. The molecule has 0 atom stereocenters. The van der Waals surface area contributed by atoms with Crippen LogP contribution < -0.4 is 5.32 Å². The molecule has 3 aromatic rings. The zero-order valence-electron chi connectivity index (χ0n) is 12.6. The van der Waals surface area contributed by atoms with Crippen molar-refractivity contribution in [3.05, 3.63) is 65.2 Å². The summed E-state index contributed by atoms with van der Waals surface area (Å²) in [5.41, 5.74) is 1.96. The van der Waals surface area contributed by atoms with Crippen LogP contribution in [0.3, 0.4) is 0 Å². The number of hydrogen-bond acceptors (Lipinski definition) is 3. The molecule has 0 spiro atoms. The van der Waals surface area contributed by atoms with E-state index in [4.69, 9.17) is 0 Å². The normalized spacial score (nSPS) is 10.1. The van der Waals surface area contributed by atoms with Crippen LogP contribution in [-0.2, 0) is 11.2 Å². The van der Waals surface area contributed by atoms with E-state index in [1.54, 1.807) is 11.3 Å². The van der Waals surface area contributed by atoms with Crippen molar-refractivity contribution in [2.45, 2.75) is 12.8 Å². The third-order valence-corrected chi connectivity index (χ3v) is 4.38. The number of fused-ring (bicyclic) bond motifs is 1. The van der Waals surface area contributed by atoms with E-state index in [9.17, 15) is 4.79 Å². The molecule has 1 aromatic heterocycles. The van der Waals surface area contributed by atoms with Crippen molar-refractivity contribution in [2.75, 3.05) is 6.54 Å². The van der Waals surface area contributed by atoms with E-state index < -0.39 is 0 Å². The number of benzene rings is 2. The molecule has 114 valence electrons. The number of aryl methyl sites for hydroxylation is 1. The topological polar surface area (TPSA) is 42.0 Å². The van der Waals surface area contributed by atoms with Gasteiger partial charge in [-0.2, -0.15) is 0 Å². The zero-order chi connectivity index (χ0) is 15.9. The number of carbonyl (C=O) groups excluding carboxylic acids is 1. The van der Waals surface area contributed by atoms with Crippen molar-refractivity contribution in [3.63, 3.8) is 0 Å². The molecule has 4 heteroatoms. The van der Waals surface area contributed by atoms with Crippen molar-refractivity contribution in [1.29, 1.82) is 0 Å². The standard InChI is InChI=1S/C19H16N2OS/c22-18(20-14-6-9-15-7-2-1-3-8-15)12-13-19-21-16-10-4-5-11-17(16)23-19/h1-5,7-8,10-11H,12-14H2,(H,20,22). The molecule has 0 aliphatic heterocycles.